The SMILES string of the molecule is CCOc1ccc2ccccc2c1C(=O)CN1CC(C)OC(C)C1. The van der Waals surface area contributed by atoms with E-state index >= 15 is 0 Å². The number of rotatable bonds is 5. The minimum atomic E-state index is 0.108. The third-order valence-corrected chi connectivity index (χ3v) is 4.33. The molecule has 2 atom stereocenters. The van der Waals surface area contributed by atoms with Gasteiger partial charge < -0.3 is 9.47 Å². The van der Waals surface area contributed by atoms with Crippen LogP contribution in [0.15, 0.2) is 36.4 Å². The van der Waals surface area contributed by atoms with Crippen LogP contribution in [0, 0.1) is 0 Å². The molecule has 0 spiro atoms. The van der Waals surface area contributed by atoms with E-state index in [4.69, 9.17) is 9.47 Å². The predicted octanol–water partition coefficient (Wildman–Crippen LogP) is 3.53. The van der Waals surface area contributed by atoms with Gasteiger partial charge in [-0.05, 0) is 37.6 Å². The maximum Gasteiger partial charge on any atom is 0.181 e. The number of morpholine rings is 1. The summed E-state index contributed by atoms with van der Waals surface area (Å²) in [7, 11) is 0. The number of carbonyl (C=O) groups is 1. The summed E-state index contributed by atoms with van der Waals surface area (Å²) in [6.45, 7) is 8.55. The molecule has 128 valence electrons. The molecule has 0 saturated carbocycles. The monoisotopic (exact) mass is 327 g/mol. The van der Waals surface area contributed by atoms with Crippen molar-refractivity contribution in [1.82, 2.24) is 4.90 Å². The number of ketones is 1. The number of benzene rings is 2. The highest BCUT2D eigenvalue weighted by Gasteiger charge is 2.26. The zero-order valence-corrected chi connectivity index (χ0v) is 14.6. The summed E-state index contributed by atoms with van der Waals surface area (Å²) in [5.74, 6) is 0.784. The maximum atomic E-state index is 13.1. The number of hydrogen-bond acceptors (Lipinski definition) is 4. The largest absolute Gasteiger partial charge is 0.493 e. The molecule has 0 N–H and O–H groups in total. The van der Waals surface area contributed by atoms with Crippen LogP contribution in [0.4, 0.5) is 0 Å². The van der Waals surface area contributed by atoms with Crippen LogP contribution in [-0.2, 0) is 4.74 Å². The van der Waals surface area contributed by atoms with Crippen molar-refractivity contribution in [3.8, 4) is 5.75 Å². The number of carbonyl (C=O) groups excluding carboxylic acids is 1. The Morgan fingerprint density at radius 1 is 1.17 bits per heavy atom. The van der Waals surface area contributed by atoms with Crippen LogP contribution in [0.25, 0.3) is 10.8 Å². The standard InChI is InChI=1S/C20H25NO3/c1-4-23-19-10-9-16-7-5-6-8-17(16)20(19)18(22)13-21-11-14(2)24-15(3)12-21/h5-10,14-15H,4,11-13H2,1-3H3. The second-order valence-corrected chi connectivity index (χ2v) is 6.47. The van der Waals surface area contributed by atoms with Crippen molar-refractivity contribution in [2.45, 2.75) is 33.0 Å². The van der Waals surface area contributed by atoms with Gasteiger partial charge in [0.05, 0.1) is 30.9 Å². The van der Waals surface area contributed by atoms with Crippen LogP contribution in [0.2, 0.25) is 0 Å². The van der Waals surface area contributed by atoms with Gasteiger partial charge in [0.1, 0.15) is 5.75 Å². The number of Topliss-reactive ketones (excluding diaryl/α,β-unsaturated/α-hetero) is 1. The van der Waals surface area contributed by atoms with Gasteiger partial charge in [-0.3, -0.25) is 9.69 Å². The minimum absolute atomic E-state index is 0.108. The fourth-order valence-electron chi connectivity index (χ4n) is 3.51. The highest BCUT2D eigenvalue weighted by molar-refractivity contribution is 6.11. The van der Waals surface area contributed by atoms with E-state index in [9.17, 15) is 4.79 Å². The molecule has 0 bridgehead atoms. The summed E-state index contributed by atoms with van der Waals surface area (Å²) < 4.78 is 11.5. The minimum Gasteiger partial charge on any atom is -0.493 e. The molecule has 3 rings (SSSR count). The van der Waals surface area contributed by atoms with Gasteiger partial charge >= 0.3 is 0 Å². The highest BCUT2D eigenvalue weighted by atomic mass is 16.5. The summed E-state index contributed by atoms with van der Waals surface area (Å²) in [6, 6.07) is 11.9. The molecule has 4 heteroatoms. The van der Waals surface area contributed by atoms with E-state index in [0.717, 1.165) is 23.9 Å². The fourth-order valence-corrected chi connectivity index (χ4v) is 3.51. The van der Waals surface area contributed by atoms with Crippen molar-refractivity contribution in [2.75, 3.05) is 26.2 Å². The average Bonchev–Trinajstić information content (AvgIpc) is 2.53. The van der Waals surface area contributed by atoms with E-state index in [1.165, 1.54) is 0 Å². The van der Waals surface area contributed by atoms with Gasteiger partial charge in [0, 0.05) is 13.1 Å². The molecule has 0 aliphatic carbocycles. The van der Waals surface area contributed by atoms with E-state index < -0.39 is 0 Å². The lowest BCUT2D eigenvalue weighted by molar-refractivity contribution is -0.0652. The second kappa shape index (κ2) is 7.32. The molecule has 24 heavy (non-hydrogen) atoms. The molecule has 2 aromatic rings. The first-order chi connectivity index (χ1) is 11.6. The molecular weight excluding hydrogens is 302 g/mol. The van der Waals surface area contributed by atoms with Crippen molar-refractivity contribution in [2.24, 2.45) is 0 Å². The maximum absolute atomic E-state index is 13.1. The van der Waals surface area contributed by atoms with Gasteiger partial charge in [-0.25, -0.2) is 0 Å². The first-order valence-electron chi connectivity index (χ1n) is 8.64. The van der Waals surface area contributed by atoms with Gasteiger partial charge in [-0.2, -0.15) is 0 Å². The third-order valence-electron chi connectivity index (χ3n) is 4.33. The first-order valence-corrected chi connectivity index (χ1v) is 8.64. The smallest absolute Gasteiger partial charge is 0.181 e. The van der Waals surface area contributed by atoms with E-state index in [-0.39, 0.29) is 18.0 Å². The lowest BCUT2D eigenvalue weighted by Crippen LogP contribution is -2.47. The summed E-state index contributed by atoms with van der Waals surface area (Å²) in [4.78, 5) is 15.3. The Kier molecular flexibility index (Phi) is 5.17. The molecule has 0 amide bonds. The fraction of sp³-hybridized carbons (Fsp3) is 0.450. The van der Waals surface area contributed by atoms with Crippen LogP contribution in [0.1, 0.15) is 31.1 Å². The second-order valence-electron chi connectivity index (χ2n) is 6.47. The third kappa shape index (κ3) is 3.60. The van der Waals surface area contributed by atoms with Crippen LogP contribution in [-0.4, -0.2) is 49.1 Å². The zero-order chi connectivity index (χ0) is 17.1. The molecule has 1 heterocycles. The lowest BCUT2D eigenvalue weighted by atomic mass is 9.99. The Bertz CT molecular complexity index is 718. The molecule has 1 aliphatic heterocycles. The van der Waals surface area contributed by atoms with E-state index in [2.05, 4.69) is 18.7 Å². The van der Waals surface area contributed by atoms with E-state index in [1.54, 1.807) is 0 Å². The molecule has 2 unspecified atom stereocenters. The van der Waals surface area contributed by atoms with Crippen molar-refractivity contribution >= 4 is 16.6 Å². The van der Waals surface area contributed by atoms with Gasteiger partial charge in [-0.1, -0.05) is 30.3 Å². The Balaban J connectivity index is 1.91. The molecule has 0 radical (unpaired) electrons. The molecule has 1 fully saturated rings. The van der Waals surface area contributed by atoms with Crippen molar-refractivity contribution in [1.29, 1.82) is 0 Å². The van der Waals surface area contributed by atoms with Gasteiger partial charge in [0.15, 0.2) is 5.78 Å². The lowest BCUT2D eigenvalue weighted by Gasteiger charge is -2.34. The van der Waals surface area contributed by atoms with Crippen LogP contribution >= 0.6 is 0 Å². The Morgan fingerprint density at radius 3 is 2.58 bits per heavy atom. The normalized spacial score (nSPS) is 21.8. The summed E-state index contributed by atoms with van der Waals surface area (Å²) in [5, 5.41) is 2.02. The molecule has 1 saturated heterocycles. The van der Waals surface area contributed by atoms with E-state index in [1.807, 2.05) is 43.3 Å². The van der Waals surface area contributed by atoms with Crippen LogP contribution in [0.3, 0.4) is 0 Å². The van der Waals surface area contributed by atoms with Crippen LogP contribution < -0.4 is 4.74 Å². The topological polar surface area (TPSA) is 38.8 Å². The quantitative estimate of drug-likeness (QED) is 0.788. The van der Waals surface area contributed by atoms with Gasteiger partial charge in [0.25, 0.3) is 0 Å². The van der Waals surface area contributed by atoms with Crippen molar-refractivity contribution < 1.29 is 14.3 Å². The predicted molar refractivity (Wildman–Crippen MR) is 95.9 cm³/mol. The number of hydrogen-bond donors (Lipinski definition) is 0. The van der Waals surface area contributed by atoms with Gasteiger partial charge in [0.2, 0.25) is 0 Å². The average molecular weight is 327 g/mol. The van der Waals surface area contributed by atoms with Crippen molar-refractivity contribution in [3.63, 3.8) is 0 Å². The van der Waals surface area contributed by atoms with Crippen LogP contribution in [0.5, 0.6) is 5.75 Å². The number of nitrogens with zero attached hydrogens (tertiary/aromatic N) is 1. The molecular formula is C20H25NO3. The first kappa shape index (κ1) is 16.9. The Morgan fingerprint density at radius 2 is 1.88 bits per heavy atom. The highest BCUT2D eigenvalue weighted by Crippen LogP contribution is 2.29. The Labute approximate surface area is 143 Å². The number of fused-ring (bicyclic) bond motifs is 1. The summed E-state index contributed by atoms with van der Waals surface area (Å²) >= 11 is 0. The molecule has 0 aromatic heterocycles. The molecule has 2 aromatic carbocycles. The summed E-state index contributed by atoms with van der Waals surface area (Å²) in [6.07, 6.45) is 0.306. The van der Waals surface area contributed by atoms with E-state index in [0.29, 0.717) is 24.5 Å². The zero-order valence-electron chi connectivity index (χ0n) is 14.6. The molecule has 1 aliphatic rings. The Hall–Kier alpha value is -1.91. The van der Waals surface area contributed by atoms with Gasteiger partial charge in [-0.15, -0.1) is 0 Å². The number of ether oxygens (including phenoxy) is 2. The summed E-state index contributed by atoms with van der Waals surface area (Å²) in [5.41, 5.74) is 0.696. The van der Waals surface area contributed by atoms with Crippen molar-refractivity contribution in [3.05, 3.63) is 42.0 Å². The molecule has 4 nitrogen and oxygen atoms in total.